The number of esters is 2. The summed E-state index contributed by atoms with van der Waals surface area (Å²) in [7, 11) is 0. The number of aliphatic hydroxyl groups excluding tert-OH is 7. The van der Waals surface area contributed by atoms with Crippen LogP contribution in [0, 0.1) is 0 Å². The smallest absolute Gasteiger partial charge is 0.306 e. The Morgan fingerprint density at radius 3 is 1.32 bits per heavy atom. The molecule has 0 aromatic rings. The Hall–Kier alpha value is -2.02. The predicted molar refractivity (Wildman–Crippen MR) is 275 cm³/mol. The Bertz CT molecular complexity index is 1330. The van der Waals surface area contributed by atoms with Gasteiger partial charge in [0.05, 0.1) is 19.8 Å². The van der Waals surface area contributed by atoms with Crippen molar-refractivity contribution in [2.24, 2.45) is 0 Å². The minimum Gasteiger partial charge on any atom is -0.462 e. The summed E-state index contributed by atoms with van der Waals surface area (Å²) < 4.78 is 33.7. The van der Waals surface area contributed by atoms with Crippen molar-refractivity contribution in [1.29, 1.82) is 0 Å². The van der Waals surface area contributed by atoms with Crippen LogP contribution in [-0.2, 0) is 38.0 Å². The maximum atomic E-state index is 13.0. The van der Waals surface area contributed by atoms with Gasteiger partial charge in [0, 0.05) is 12.8 Å². The van der Waals surface area contributed by atoms with E-state index in [-0.39, 0.29) is 26.1 Å². The molecule has 0 radical (unpaired) electrons. The van der Waals surface area contributed by atoms with Gasteiger partial charge >= 0.3 is 11.9 Å². The van der Waals surface area contributed by atoms with Crippen molar-refractivity contribution in [2.75, 3.05) is 26.4 Å². The van der Waals surface area contributed by atoms with Crippen LogP contribution in [0.1, 0.15) is 226 Å². The van der Waals surface area contributed by atoms with Crippen molar-refractivity contribution in [1.82, 2.24) is 0 Å². The lowest BCUT2D eigenvalue weighted by atomic mass is 9.98. The second-order valence-corrected chi connectivity index (χ2v) is 20.1. The first-order chi connectivity index (χ1) is 34.5. The number of unbranched alkanes of at least 4 members (excludes halogenated alkanes) is 27. The fraction of sp³-hybridized carbons (Fsp3) is 0.893. The zero-order valence-corrected chi connectivity index (χ0v) is 44.2. The molecule has 71 heavy (non-hydrogen) atoms. The normalized spacial score (nSPS) is 25.3. The highest BCUT2D eigenvalue weighted by atomic mass is 16.7. The quantitative estimate of drug-likeness (QED) is 0.0171. The van der Waals surface area contributed by atoms with Crippen molar-refractivity contribution in [2.45, 2.75) is 293 Å². The lowest BCUT2D eigenvalue weighted by molar-refractivity contribution is -0.332. The molecule has 0 aromatic carbocycles. The molecule has 15 heteroatoms. The maximum Gasteiger partial charge on any atom is 0.306 e. The average Bonchev–Trinajstić information content (AvgIpc) is 3.36. The van der Waals surface area contributed by atoms with Gasteiger partial charge in [0.1, 0.15) is 55.4 Å². The Balaban J connectivity index is 1.77. The molecular weight excluding hydrogens is 913 g/mol. The molecule has 0 spiro atoms. The number of hydrogen-bond acceptors (Lipinski definition) is 15. The number of rotatable bonds is 45. The van der Waals surface area contributed by atoms with Crippen LogP contribution < -0.4 is 0 Å². The van der Waals surface area contributed by atoms with Crippen LogP contribution in [0.15, 0.2) is 24.3 Å². The molecule has 0 bridgehead atoms. The summed E-state index contributed by atoms with van der Waals surface area (Å²) in [6.45, 7) is 2.60. The van der Waals surface area contributed by atoms with E-state index in [1.54, 1.807) is 0 Å². The van der Waals surface area contributed by atoms with Gasteiger partial charge in [-0.05, 0) is 44.9 Å². The Morgan fingerprint density at radius 2 is 0.845 bits per heavy atom. The summed E-state index contributed by atoms with van der Waals surface area (Å²) in [5.74, 6) is -0.922. The molecule has 0 aromatic heterocycles. The molecule has 0 saturated carbocycles. The van der Waals surface area contributed by atoms with Crippen molar-refractivity contribution in [3.63, 3.8) is 0 Å². The van der Waals surface area contributed by atoms with E-state index in [1.165, 1.54) is 122 Å². The van der Waals surface area contributed by atoms with Crippen molar-refractivity contribution in [3.05, 3.63) is 24.3 Å². The predicted octanol–water partition coefficient (Wildman–Crippen LogP) is 9.11. The molecule has 2 aliphatic heterocycles. The fourth-order valence-electron chi connectivity index (χ4n) is 9.01. The van der Waals surface area contributed by atoms with Crippen LogP contribution in [0.25, 0.3) is 0 Å². The van der Waals surface area contributed by atoms with Crippen molar-refractivity contribution < 1.29 is 73.8 Å². The minimum absolute atomic E-state index is 0.159. The van der Waals surface area contributed by atoms with Gasteiger partial charge in [0.15, 0.2) is 18.7 Å². The van der Waals surface area contributed by atoms with Gasteiger partial charge in [-0.3, -0.25) is 9.59 Å². The minimum atomic E-state index is -1.76. The number of carbonyl (C=O) groups is 2. The van der Waals surface area contributed by atoms with Crippen LogP contribution in [-0.4, -0.2) is 142 Å². The SMILES string of the molecule is CCCCCC/C=C\C/C=C\CCCCCCCCCC(=O)OC(COC(=O)CCCCCCCCCCCCCCCCCCC)COC1OC(COC2OC(CO)C(O)C(O)C2O)C(O)C(O)C1O. The van der Waals surface area contributed by atoms with E-state index in [4.69, 9.17) is 28.4 Å². The molecule has 2 heterocycles. The first-order valence-electron chi connectivity index (χ1n) is 28.4. The lowest BCUT2D eigenvalue weighted by Crippen LogP contribution is -2.61. The van der Waals surface area contributed by atoms with Gasteiger partial charge in [-0.15, -0.1) is 0 Å². The third-order valence-corrected chi connectivity index (χ3v) is 13.7. The van der Waals surface area contributed by atoms with Gasteiger partial charge in [-0.1, -0.05) is 192 Å². The highest BCUT2D eigenvalue weighted by Crippen LogP contribution is 2.27. The highest BCUT2D eigenvalue weighted by Gasteiger charge is 2.47. The largest absolute Gasteiger partial charge is 0.462 e. The van der Waals surface area contributed by atoms with Crippen LogP contribution in [0.2, 0.25) is 0 Å². The topological polar surface area (TPSA) is 231 Å². The maximum absolute atomic E-state index is 13.0. The van der Waals surface area contributed by atoms with Crippen LogP contribution in [0.4, 0.5) is 0 Å². The molecule has 11 unspecified atom stereocenters. The van der Waals surface area contributed by atoms with E-state index in [9.17, 15) is 45.3 Å². The average molecular weight is 1020 g/mol. The second kappa shape index (κ2) is 43.2. The number of hydrogen-bond donors (Lipinski definition) is 7. The first kappa shape index (κ1) is 65.1. The van der Waals surface area contributed by atoms with Gasteiger partial charge < -0.3 is 64.2 Å². The van der Waals surface area contributed by atoms with Gasteiger partial charge in [0.25, 0.3) is 0 Å². The summed E-state index contributed by atoms with van der Waals surface area (Å²) in [5.41, 5.74) is 0. The summed E-state index contributed by atoms with van der Waals surface area (Å²) in [4.78, 5) is 25.9. The molecule has 11 atom stereocenters. The van der Waals surface area contributed by atoms with E-state index < -0.39 is 92.7 Å². The summed E-state index contributed by atoms with van der Waals surface area (Å²) in [5, 5.41) is 72.2. The third-order valence-electron chi connectivity index (χ3n) is 13.7. The van der Waals surface area contributed by atoms with E-state index in [1.807, 2.05) is 0 Å². The van der Waals surface area contributed by atoms with Crippen LogP contribution in [0.5, 0.6) is 0 Å². The Morgan fingerprint density at radius 1 is 0.451 bits per heavy atom. The molecule has 2 rings (SSSR count). The fourth-order valence-corrected chi connectivity index (χ4v) is 9.01. The number of carbonyl (C=O) groups excluding carboxylic acids is 2. The molecule has 15 nitrogen and oxygen atoms in total. The van der Waals surface area contributed by atoms with E-state index in [0.717, 1.165) is 64.2 Å². The molecule has 7 N–H and O–H groups in total. The zero-order chi connectivity index (χ0) is 51.7. The zero-order valence-electron chi connectivity index (χ0n) is 44.2. The van der Waals surface area contributed by atoms with Crippen molar-refractivity contribution >= 4 is 11.9 Å². The summed E-state index contributed by atoms with van der Waals surface area (Å²) >= 11 is 0. The highest BCUT2D eigenvalue weighted by molar-refractivity contribution is 5.70. The summed E-state index contributed by atoms with van der Waals surface area (Å²) in [6.07, 6.45) is 29.1. The molecule has 0 amide bonds. The van der Waals surface area contributed by atoms with E-state index in [0.29, 0.717) is 12.8 Å². The Kier molecular flexibility index (Phi) is 39.6. The second-order valence-electron chi connectivity index (χ2n) is 20.1. The van der Waals surface area contributed by atoms with Crippen LogP contribution >= 0.6 is 0 Å². The van der Waals surface area contributed by atoms with Gasteiger partial charge in [0.2, 0.25) is 0 Å². The third kappa shape index (κ3) is 30.8. The molecular formula is C56H102O15. The molecule has 2 aliphatic rings. The molecule has 2 fully saturated rings. The van der Waals surface area contributed by atoms with Gasteiger partial charge in [-0.25, -0.2) is 0 Å². The van der Waals surface area contributed by atoms with Crippen LogP contribution in [0.3, 0.4) is 0 Å². The molecule has 0 aliphatic carbocycles. The van der Waals surface area contributed by atoms with Gasteiger partial charge in [-0.2, -0.15) is 0 Å². The standard InChI is InChI=1S/C56H102O15/c1-3-5-7-9-11-13-15-17-19-21-23-25-27-29-31-33-35-37-39-48(59)69-44(41-66-47(58)38-36-34-32-30-28-26-24-22-20-18-16-14-12-10-8-6-4-2)42-67-55-54(65)52(63)50(61)46(71-55)43-68-56-53(64)51(62)49(60)45(40-57)70-56/h13,15,19,21,44-46,49-57,60-65H,3-12,14,16-18,20,22-43H2,1-2H3/b15-13-,21-19-. The van der Waals surface area contributed by atoms with E-state index >= 15 is 0 Å². The lowest BCUT2D eigenvalue weighted by Gasteiger charge is -2.42. The number of aliphatic hydroxyl groups is 7. The van der Waals surface area contributed by atoms with E-state index in [2.05, 4.69) is 38.2 Å². The first-order valence-corrected chi connectivity index (χ1v) is 28.4. The van der Waals surface area contributed by atoms with Crippen molar-refractivity contribution in [3.8, 4) is 0 Å². The number of allylic oxidation sites excluding steroid dienone is 4. The molecule has 416 valence electrons. The summed E-state index contributed by atoms with van der Waals surface area (Å²) in [6, 6.07) is 0. The molecule has 2 saturated heterocycles. The Labute approximate surface area is 428 Å². The monoisotopic (exact) mass is 1010 g/mol. The number of ether oxygens (including phenoxy) is 6.